The van der Waals surface area contributed by atoms with Crippen molar-refractivity contribution >= 4 is 16.4 Å². The first-order valence-electron chi connectivity index (χ1n) is 5.46. The zero-order valence-corrected chi connectivity index (χ0v) is 9.55. The second kappa shape index (κ2) is 3.75. The highest BCUT2D eigenvalue weighted by Crippen LogP contribution is 2.24. The monoisotopic (exact) mass is 227 g/mol. The van der Waals surface area contributed by atoms with Gasteiger partial charge in [-0.15, -0.1) is 0 Å². The van der Waals surface area contributed by atoms with E-state index < -0.39 is 0 Å². The van der Waals surface area contributed by atoms with E-state index in [2.05, 4.69) is 4.98 Å². The number of aromatic nitrogens is 2. The van der Waals surface area contributed by atoms with Crippen molar-refractivity contribution in [2.45, 2.75) is 6.54 Å². The summed E-state index contributed by atoms with van der Waals surface area (Å²) >= 11 is 0. The number of benzene rings is 1. The van der Waals surface area contributed by atoms with Gasteiger partial charge in [0.1, 0.15) is 11.4 Å². The summed E-state index contributed by atoms with van der Waals surface area (Å²) in [5.41, 5.74) is 7.44. The molecule has 0 radical (unpaired) electrons. The van der Waals surface area contributed by atoms with Crippen LogP contribution in [0.2, 0.25) is 0 Å². The highest BCUT2D eigenvalue weighted by Gasteiger charge is 2.05. The minimum atomic E-state index is 0.458. The third-order valence-electron chi connectivity index (χ3n) is 2.91. The van der Waals surface area contributed by atoms with Gasteiger partial charge in [0.2, 0.25) is 0 Å². The van der Waals surface area contributed by atoms with Crippen LogP contribution in [0, 0.1) is 0 Å². The van der Waals surface area contributed by atoms with Crippen LogP contribution in [0.15, 0.2) is 36.7 Å². The van der Waals surface area contributed by atoms with Crippen LogP contribution in [0.1, 0.15) is 5.69 Å². The van der Waals surface area contributed by atoms with Crippen LogP contribution in [0.4, 0.5) is 0 Å². The van der Waals surface area contributed by atoms with Crippen molar-refractivity contribution in [1.82, 2.24) is 9.38 Å². The van der Waals surface area contributed by atoms with E-state index in [4.69, 9.17) is 10.5 Å². The summed E-state index contributed by atoms with van der Waals surface area (Å²) in [6, 6.07) is 8.02. The van der Waals surface area contributed by atoms with E-state index in [-0.39, 0.29) is 0 Å². The predicted molar refractivity (Wildman–Crippen MR) is 67.1 cm³/mol. The Morgan fingerprint density at radius 2 is 2.24 bits per heavy atom. The van der Waals surface area contributed by atoms with Crippen molar-refractivity contribution < 1.29 is 4.74 Å². The molecule has 0 spiro atoms. The third-order valence-corrected chi connectivity index (χ3v) is 2.91. The van der Waals surface area contributed by atoms with Gasteiger partial charge in [-0.3, -0.25) is 0 Å². The van der Waals surface area contributed by atoms with Gasteiger partial charge in [-0.25, -0.2) is 4.98 Å². The van der Waals surface area contributed by atoms with Crippen molar-refractivity contribution in [2.75, 3.05) is 7.11 Å². The molecule has 0 saturated carbocycles. The second-order valence-electron chi connectivity index (χ2n) is 3.94. The first-order chi connectivity index (χ1) is 8.31. The molecule has 0 atom stereocenters. The molecule has 0 aliphatic rings. The molecule has 4 heteroatoms. The molecule has 0 saturated heterocycles. The van der Waals surface area contributed by atoms with Gasteiger partial charge in [0, 0.05) is 24.3 Å². The average Bonchev–Trinajstić information content (AvgIpc) is 2.81. The smallest absolute Gasteiger partial charge is 0.144 e. The minimum Gasteiger partial charge on any atom is -0.497 e. The molecule has 4 nitrogen and oxygen atoms in total. The topological polar surface area (TPSA) is 52.5 Å². The number of ether oxygens (including phenoxy) is 1. The van der Waals surface area contributed by atoms with Crippen molar-refractivity contribution in [2.24, 2.45) is 5.73 Å². The molecule has 0 amide bonds. The molecule has 86 valence electrons. The summed E-state index contributed by atoms with van der Waals surface area (Å²) in [6.07, 6.45) is 3.95. The van der Waals surface area contributed by atoms with Crippen LogP contribution in [-0.2, 0) is 6.54 Å². The Kier molecular flexibility index (Phi) is 2.23. The van der Waals surface area contributed by atoms with E-state index in [1.165, 1.54) is 0 Å². The standard InChI is InChI=1S/C13H13N3O/c1-17-11-2-3-12-9(6-11)4-5-16-8-10(7-14)15-13(12)16/h2-6,8H,7,14H2,1H3. The predicted octanol–water partition coefficient (Wildman–Crippen LogP) is 1.95. The van der Waals surface area contributed by atoms with Crippen LogP contribution < -0.4 is 10.5 Å². The lowest BCUT2D eigenvalue weighted by Crippen LogP contribution is -1.95. The molecule has 2 N–H and O–H groups in total. The molecule has 0 fully saturated rings. The van der Waals surface area contributed by atoms with Crippen LogP contribution >= 0.6 is 0 Å². The number of fused-ring (bicyclic) bond motifs is 3. The molecule has 0 aliphatic heterocycles. The van der Waals surface area contributed by atoms with Crippen LogP contribution in [0.25, 0.3) is 16.4 Å². The molecule has 17 heavy (non-hydrogen) atoms. The Labute approximate surface area is 98.6 Å². The van der Waals surface area contributed by atoms with Gasteiger partial charge in [-0.05, 0) is 29.7 Å². The van der Waals surface area contributed by atoms with Gasteiger partial charge in [0.05, 0.1) is 12.8 Å². The normalized spacial score (nSPS) is 11.2. The number of hydrogen-bond donors (Lipinski definition) is 1. The fraction of sp³-hybridized carbons (Fsp3) is 0.154. The molecular weight excluding hydrogens is 214 g/mol. The Morgan fingerprint density at radius 3 is 3.00 bits per heavy atom. The molecule has 3 rings (SSSR count). The lowest BCUT2D eigenvalue weighted by Gasteiger charge is -2.03. The number of nitrogens with two attached hydrogens (primary N) is 1. The third kappa shape index (κ3) is 1.54. The summed E-state index contributed by atoms with van der Waals surface area (Å²) < 4.78 is 7.21. The second-order valence-corrected chi connectivity index (χ2v) is 3.94. The lowest BCUT2D eigenvalue weighted by molar-refractivity contribution is 0.415. The van der Waals surface area contributed by atoms with Crippen LogP contribution in [-0.4, -0.2) is 16.5 Å². The molecule has 0 bridgehead atoms. The molecular formula is C13H13N3O. The SMILES string of the molecule is COc1ccc2c(ccn3cc(CN)nc23)c1. The first kappa shape index (κ1) is 10.1. The number of imidazole rings is 1. The maximum absolute atomic E-state index is 5.61. The quantitative estimate of drug-likeness (QED) is 0.728. The van der Waals surface area contributed by atoms with Crippen molar-refractivity contribution in [3.63, 3.8) is 0 Å². The summed E-state index contributed by atoms with van der Waals surface area (Å²) in [5, 5.41) is 2.22. The highest BCUT2D eigenvalue weighted by atomic mass is 16.5. The summed E-state index contributed by atoms with van der Waals surface area (Å²) in [6.45, 7) is 0.458. The fourth-order valence-electron chi connectivity index (χ4n) is 2.03. The minimum absolute atomic E-state index is 0.458. The molecule has 2 aromatic heterocycles. The Bertz CT molecular complexity index is 688. The van der Waals surface area contributed by atoms with E-state index >= 15 is 0 Å². The number of nitrogens with zero attached hydrogens (tertiary/aromatic N) is 2. The van der Waals surface area contributed by atoms with Gasteiger partial charge >= 0.3 is 0 Å². The van der Waals surface area contributed by atoms with Gasteiger partial charge < -0.3 is 14.9 Å². The van der Waals surface area contributed by atoms with Gasteiger partial charge in [-0.2, -0.15) is 0 Å². The number of pyridine rings is 1. The van der Waals surface area contributed by atoms with Crippen LogP contribution in [0.5, 0.6) is 5.75 Å². The summed E-state index contributed by atoms with van der Waals surface area (Å²) in [5.74, 6) is 0.854. The van der Waals surface area contributed by atoms with Crippen molar-refractivity contribution in [1.29, 1.82) is 0 Å². The van der Waals surface area contributed by atoms with E-state index in [9.17, 15) is 0 Å². The maximum Gasteiger partial charge on any atom is 0.144 e. The van der Waals surface area contributed by atoms with Gasteiger partial charge in [0.15, 0.2) is 0 Å². The van der Waals surface area contributed by atoms with E-state index in [1.807, 2.05) is 41.1 Å². The molecule has 2 heterocycles. The zero-order chi connectivity index (χ0) is 11.8. The van der Waals surface area contributed by atoms with Gasteiger partial charge in [-0.1, -0.05) is 0 Å². The number of methoxy groups -OCH3 is 1. The Hall–Kier alpha value is -2.07. The van der Waals surface area contributed by atoms with E-state index in [0.29, 0.717) is 6.54 Å². The summed E-state index contributed by atoms with van der Waals surface area (Å²) in [7, 11) is 1.67. The van der Waals surface area contributed by atoms with Crippen molar-refractivity contribution in [3.8, 4) is 5.75 Å². The highest BCUT2D eigenvalue weighted by molar-refractivity contribution is 5.94. The zero-order valence-electron chi connectivity index (χ0n) is 9.55. The fourth-order valence-corrected chi connectivity index (χ4v) is 2.03. The largest absolute Gasteiger partial charge is 0.497 e. The first-order valence-corrected chi connectivity index (χ1v) is 5.46. The van der Waals surface area contributed by atoms with Gasteiger partial charge in [0.25, 0.3) is 0 Å². The molecule has 3 aromatic rings. The summed E-state index contributed by atoms with van der Waals surface area (Å²) in [4.78, 5) is 4.51. The van der Waals surface area contributed by atoms with Crippen LogP contribution in [0.3, 0.4) is 0 Å². The Balaban J connectivity index is 2.35. The Morgan fingerprint density at radius 1 is 1.35 bits per heavy atom. The van der Waals surface area contributed by atoms with E-state index in [0.717, 1.165) is 27.9 Å². The number of hydrogen-bond acceptors (Lipinski definition) is 3. The molecule has 0 aliphatic carbocycles. The molecule has 1 aromatic carbocycles. The molecule has 0 unspecified atom stereocenters. The van der Waals surface area contributed by atoms with E-state index in [1.54, 1.807) is 7.11 Å². The lowest BCUT2D eigenvalue weighted by atomic mass is 10.1. The number of rotatable bonds is 2. The maximum atomic E-state index is 5.61. The van der Waals surface area contributed by atoms with Crippen molar-refractivity contribution in [3.05, 3.63) is 42.4 Å². The average molecular weight is 227 g/mol.